The Hall–Kier alpha value is -2.06. The minimum Gasteiger partial charge on any atom is -0.489 e. The molecule has 2 amide bonds. The molecule has 0 unspecified atom stereocenters. The van der Waals surface area contributed by atoms with Crippen molar-refractivity contribution in [3.63, 3.8) is 0 Å². The van der Waals surface area contributed by atoms with E-state index in [-0.39, 0.29) is 12.2 Å². The number of halogens is 1. The first kappa shape index (κ1) is 19.3. The number of hydrogen-bond acceptors (Lipinski definition) is 6. The van der Waals surface area contributed by atoms with Gasteiger partial charge in [0.2, 0.25) is 5.13 Å². The van der Waals surface area contributed by atoms with Crippen LogP contribution >= 0.6 is 22.9 Å². The summed E-state index contributed by atoms with van der Waals surface area (Å²) < 4.78 is 11.6. The molecule has 0 aliphatic heterocycles. The molecule has 1 heterocycles. The molecule has 0 bridgehead atoms. The minimum absolute atomic E-state index is 0.0618. The first-order chi connectivity index (χ1) is 11.7. The number of carbonyl (C=O) groups is 1. The van der Waals surface area contributed by atoms with Crippen molar-refractivity contribution in [3.8, 4) is 11.5 Å². The van der Waals surface area contributed by atoms with E-state index in [1.165, 1.54) is 16.2 Å². The predicted octanol–water partition coefficient (Wildman–Crippen LogP) is 4.29. The Kier molecular flexibility index (Phi) is 6.07. The highest BCUT2D eigenvalue weighted by atomic mass is 35.5. The molecule has 0 atom stereocenters. The lowest BCUT2D eigenvalue weighted by atomic mass is 10.2. The molecule has 2 N–H and O–H groups in total. The number of urea groups is 1. The number of benzene rings is 1. The largest absolute Gasteiger partial charge is 0.489 e. The maximum absolute atomic E-state index is 12.1. The molecule has 2 aromatic rings. The Balaban J connectivity index is 2.59. The second-order valence-corrected chi connectivity index (χ2v) is 7.43. The molecule has 0 saturated heterocycles. The van der Waals surface area contributed by atoms with Crippen molar-refractivity contribution in [2.24, 2.45) is 5.73 Å². The summed E-state index contributed by atoms with van der Waals surface area (Å²) in [7, 11) is 0. The summed E-state index contributed by atoms with van der Waals surface area (Å²) in [6, 6.07) is 2.53. The molecule has 0 saturated carbocycles. The van der Waals surface area contributed by atoms with Crippen LogP contribution in [0.25, 0.3) is 0 Å². The van der Waals surface area contributed by atoms with Crippen LogP contribution in [0.1, 0.15) is 32.7 Å². The van der Waals surface area contributed by atoms with E-state index in [0.29, 0.717) is 32.3 Å². The van der Waals surface area contributed by atoms with Crippen LogP contribution in [-0.2, 0) is 0 Å². The number of amides is 2. The SMILES string of the molecule is Cc1nnc(N(C(N)=O)c2cc(Cl)c(OC(C)C)cc2OC(C)C)s1. The van der Waals surface area contributed by atoms with Crippen LogP contribution in [0.4, 0.5) is 15.6 Å². The van der Waals surface area contributed by atoms with Gasteiger partial charge < -0.3 is 15.2 Å². The summed E-state index contributed by atoms with van der Waals surface area (Å²) >= 11 is 7.57. The fourth-order valence-corrected chi connectivity index (χ4v) is 2.99. The number of aromatic nitrogens is 2. The van der Waals surface area contributed by atoms with Gasteiger partial charge in [0.25, 0.3) is 0 Å². The van der Waals surface area contributed by atoms with Crippen LogP contribution in [0, 0.1) is 6.92 Å². The lowest BCUT2D eigenvalue weighted by Gasteiger charge is -2.23. The van der Waals surface area contributed by atoms with Crippen LogP contribution < -0.4 is 20.1 Å². The van der Waals surface area contributed by atoms with E-state index in [4.69, 9.17) is 26.8 Å². The molecule has 1 aromatic carbocycles. The molecule has 0 aliphatic rings. The van der Waals surface area contributed by atoms with Crippen LogP contribution in [0.15, 0.2) is 12.1 Å². The van der Waals surface area contributed by atoms with Gasteiger partial charge in [-0.05, 0) is 40.7 Å². The quantitative estimate of drug-likeness (QED) is 0.802. The number of aryl methyl sites for hydroxylation is 1. The van der Waals surface area contributed by atoms with Crippen LogP contribution in [-0.4, -0.2) is 28.4 Å². The zero-order valence-corrected chi connectivity index (χ0v) is 16.3. The van der Waals surface area contributed by atoms with E-state index in [9.17, 15) is 4.79 Å². The molecule has 0 radical (unpaired) electrons. The number of primary amides is 1. The number of nitrogens with two attached hydrogens (primary N) is 1. The maximum atomic E-state index is 12.1. The molecule has 25 heavy (non-hydrogen) atoms. The average molecular weight is 385 g/mol. The van der Waals surface area contributed by atoms with Crippen molar-refractivity contribution in [2.75, 3.05) is 4.90 Å². The van der Waals surface area contributed by atoms with Gasteiger partial charge in [-0.1, -0.05) is 22.9 Å². The van der Waals surface area contributed by atoms with Crippen LogP contribution in [0.2, 0.25) is 5.02 Å². The maximum Gasteiger partial charge on any atom is 0.325 e. The third-order valence-corrected chi connectivity index (χ3v) is 4.03. The fraction of sp³-hybridized carbons (Fsp3) is 0.438. The topological polar surface area (TPSA) is 90.6 Å². The van der Waals surface area contributed by atoms with Crippen LogP contribution in [0.5, 0.6) is 11.5 Å². The molecular weight excluding hydrogens is 364 g/mol. The molecule has 7 nitrogen and oxygen atoms in total. The van der Waals surface area contributed by atoms with E-state index in [1.807, 2.05) is 27.7 Å². The van der Waals surface area contributed by atoms with E-state index >= 15 is 0 Å². The Morgan fingerprint density at radius 2 is 1.76 bits per heavy atom. The molecule has 2 rings (SSSR count). The summed E-state index contributed by atoms with van der Waals surface area (Å²) in [5.41, 5.74) is 5.96. The van der Waals surface area contributed by atoms with Gasteiger partial charge in [0.05, 0.1) is 22.9 Å². The molecule has 0 fully saturated rings. The lowest BCUT2D eigenvalue weighted by Crippen LogP contribution is -2.32. The zero-order valence-electron chi connectivity index (χ0n) is 14.7. The highest BCUT2D eigenvalue weighted by Gasteiger charge is 2.25. The minimum atomic E-state index is -0.710. The number of rotatable bonds is 6. The Bertz CT molecular complexity index is 764. The first-order valence-corrected chi connectivity index (χ1v) is 8.95. The normalized spacial score (nSPS) is 11.0. The highest BCUT2D eigenvalue weighted by molar-refractivity contribution is 7.15. The van der Waals surface area contributed by atoms with E-state index in [2.05, 4.69) is 10.2 Å². The van der Waals surface area contributed by atoms with Crippen LogP contribution in [0.3, 0.4) is 0 Å². The van der Waals surface area contributed by atoms with E-state index < -0.39 is 6.03 Å². The Morgan fingerprint density at radius 3 is 2.24 bits per heavy atom. The second-order valence-electron chi connectivity index (χ2n) is 5.86. The number of ether oxygens (including phenoxy) is 2. The number of hydrogen-bond donors (Lipinski definition) is 1. The van der Waals surface area contributed by atoms with Crippen molar-refractivity contribution in [2.45, 2.75) is 46.8 Å². The van der Waals surface area contributed by atoms with Gasteiger partial charge in [0.1, 0.15) is 16.5 Å². The Labute approximate surface area is 155 Å². The fourth-order valence-electron chi connectivity index (χ4n) is 2.08. The summed E-state index contributed by atoms with van der Waals surface area (Å²) in [6.45, 7) is 9.34. The highest BCUT2D eigenvalue weighted by Crippen LogP contribution is 2.42. The van der Waals surface area contributed by atoms with Gasteiger partial charge in [-0.25, -0.2) is 9.69 Å². The number of anilines is 2. The standard InChI is InChI=1S/C16H21ClN4O3S/c1-8(2)23-13-7-14(24-9(3)4)12(6-11(13)17)21(15(18)22)16-20-19-10(5)25-16/h6-9H,1-5H3,(H2,18,22). The first-order valence-electron chi connectivity index (χ1n) is 7.75. The number of carbonyl (C=O) groups excluding carboxylic acids is 1. The molecular formula is C16H21ClN4O3S. The molecule has 1 aromatic heterocycles. The van der Waals surface area contributed by atoms with Gasteiger partial charge in [-0.3, -0.25) is 0 Å². The second kappa shape index (κ2) is 7.88. The predicted molar refractivity (Wildman–Crippen MR) is 99.3 cm³/mol. The van der Waals surface area contributed by atoms with E-state index in [1.54, 1.807) is 19.1 Å². The van der Waals surface area contributed by atoms with Gasteiger partial charge in [0.15, 0.2) is 0 Å². The third-order valence-electron chi connectivity index (χ3n) is 2.91. The van der Waals surface area contributed by atoms with E-state index in [0.717, 1.165) is 0 Å². The lowest BCUT2D eigenvalue weighted by molar-refractivity contribution is 0.229. The van der Waals surface area contributed by atoms with Crippen molar-refractivity contribution >= 4 is 39.8 Å². The summed E-state index contributed by atoms with van der Waals surface area (Å²) in [5.74, 6) is 0.885. The molecule has 136 valence electrons. The summed E-state index contributed by atoms with van der Waals surface area (Å²) in [6.07, 6.45) is -0.189. The van der Waals surface area contributed by atoms with Crippen molar-refractivity contribution in [1.29, 1.82) is 0 Å². The van der Waals surface area contributed by atoms with Gasteiger partial charge in [-0.15, -0.1) is 10.2 Å². The average Bonchev–Trinajstić information content (AvgIpc) is 2.88. The third kappa shape index (κ3) is 4.73. The van der Waals surface area contributed by atoms with Gasteiger partial charge in [0, 0.05) is 6.07 Å². The monoisotopic (exact) mass is 384 g/mol. The zero-order chi connectivity index (χ0) is 18.7. The molecule has 0 aliphatic carbocycles. The molecule has 0 spiro atoms. The Morgan fingerprint density at radius 1 is 1.16 bits per heavy atom. The summed E-state index contributed by atoms with van der Waals surface area (Å²) in [5, 5.41) is 9.32. The smallest absolute Gasteiger partial charge is 0.325 e. The van der Waals surface area contributed by atoms with Crippen molar-refractivity contribution < 1.29 is 14.3 Å². The summed E-state index contributed by atoms with van der Waals surface area (Å²) in [4.78, 5) is 13.3. The molecule has 9 heteroatoms. The van der Waals surface area contributed by atoms with Gasteiger partial charge in [-0.2, -0.15) is 0 Å². The van der Waals surface area contributed by atoms with Crippen molar-refractivity contribution in [1.82, 2.24) is 10.2 Å². The van der Waals surface area contributed by atoms with Crippen molar-refractivity contribution in [3.05, 3.63) is 22.2 Å². The van der Waals surface area contributed by atoms with Gasteiger partial charge >= 0.3 is 6.03 Å². The number of nitrogens with zero attached hydrogens (tertiary/aromatic N) is 3.